The van der Waals surface area contributed by atoms with Gasteiger partial charge in [0.2, 0.25) is 0 Å². The Kier molecular flexibility index (Phi) is 2.75. The van der Waals surface area contributed by atoms with Crippen LogP contribution < -0.4 is 0 Å². The van der Waals surface area contributed by atoms with Crippen LogP contribution in [0.1, 0.15) is 46.7 Å². The molecule has 0 aromatic heterocycles. The van der Waals surface area contributed by atoms with Crippen LogP contribution in [0.25, 0.3) is 0 Å². The highest BCUT2D eigenvalue weighted by Crippen LogP contribution is 2.54. The van der Waals surface area contributed by atoms with Crippen molar-refractivity contribution in [3.05, 3.63) is 71.3 Å². The maximum Gasteiger partial charge on any atom is 0.159 e. The highest BCUT2D eigenvalue weighted by atomic mass is 16.1. The number of benzene rings is 2. The summed E-state index contributed by atoms with van der Waals surface area (Å²) in [4.78, 5) is 11.4. The standard InChI is InChI=1S/C17H16O/c1-12(18)14-8-5-9-15(10-14)17-11-16(17)13-6-3-2-4-7-13/h2-10,16-17H,11H2,1H3/t16-,17+/m1/s1. The van der Waals surface area contributed by atoms with Gasteiger partial charge < -0.3 is 0 Å². The first kappa shape index (κ1) is 11.2. The summed E-state index contributed by atoms with van der Waals surface area (Å²) in [5, 5.41) is 0. The molecule has 1 nitrogen and oxygen atoms in total. The fourth-order valence-electron chi connectivity index (χ4n) is 2.62. The predicted molar refractivity (Wildman–Crippen MR) is 73.0 cm³/mol. The van der Waals surface area contributed by atoms with Gasteiger partial charge in [-0.2, -0.15) is 0 Å². The van der Waals surface area contributed by atoms with Crippen molar-refractivity contribution in [2.24, 2.45) is 0 Å². The van der Waals surface area contributed by atoms with Crippen molar-refractivity contribution in [2.75, 3.05) is 0 Å². The van der Waals surface area contributed by atoms with Crippen LogP contribution in [0, 0.1) is 0 Å². The van der Waals surface area contributed by atoms with Crippen molar-refractivity contribution >= 4 is 5.78 Å². The molecule has 0 radical (unpaired) electrons. The molecule has 0 heterocycles. The Morgan fingerprint density at radius 3 is 2.33 bits per heavy atom. The molecule has 1 saturated carbocycles. The fourth-order valence-corrected chi connectivity index (χ4v) is 2.62. The minimum atomic E-state index is 0.147. The minimum Gasteiger partial charge on any atom is -0.295 e. The Bertz CT molecular complexity index is 571. The molecule has 3 rings (SSSR count). The van der Waals surface area contributed by atoms with E-state index in [-0.39, 0.29) is 5.78 Å². The summed E-state index contributed by atoms with van der Waals surface area (Å²) in [5.41, 5.74) is 3.54. The molecular weight excluding hydrogens is 220 g/mol. The van der Waals surface area contributed by atoms with Gasteiger partial charge in [0.25, 0.3) is 0 Å². The van der Waals surface area contributed by atoms with Gasteiger partial charge in [0.05, 0.1) is 0 Å². The number of hydrogen-bond donors (Lipinski definition) is 0. The van der Waals surface area contributed by atoms with Crippen LogP contribution in [-0.2, 0) is 0 Å². The second-order valence-electron chi connectivity index (χ2n) is 5.04. The first-order valence-corrected chi connectivity index (χ1v) is 6.41. The smallest absolute Gasteiger partial charge is 0.159 e. The second-order valence-corrected chi connectivity index (χ2v) is 5.04. The van der Waals surface area contributed by atoms with E-state index >= 15 is 0 Å². The van der Waals surface area contributed by atoms with Crippen LogP contribution in [0.4, 0.5) is 0 Å². The molecule has 0 saturated heterocycles. The van der Waals surface area contributed by atoms with Gasteiger partial charge in [-0.15, -0.1) is 0 Å². The van der Waals surface area contributed by atoms with E-state index in [1.165, 1.54) is 17.5 Å². The molecule has 18 heavy (non-hydrogen) atoms. The highest BCUT2D eigenvalue weighted by Gasteiger charge is 2.39. The molecule has 90 valence electrons. The number of carbonyl (C=O) groups excluding carboxylic acids is 1. The first-order chi connectivity index (χ1) is 8.75. The quantitative estimate of drug-likeness (QED) is 0.731. The summed E-state index contributed by atoms with van der Waals surface area (Å²) >= 11 is 0. The lowest BCUT2D eigenvalue weighted by atomic mass is 10.0. The molecule has 0 spiro atoms. The third kappa shape index (κ3) is 2.08. The van der Waals surface area contributed by atoms with Crippen molar-refractivity contribution in [2.45, 2.75) is 25.2 Å². The molecule has 0 unspecified atom stereocenters. The summed E-state index contributed by atoms with van der Waals surface area (Å²) in [6.07, 6.45) is 1.20. The SMILES string of the molecule is CC(=O)c1cccc([C@@H]2C[C@@H]2c2ccccc2)c1. The fraction of sp³-hybridized carbons (Fsp3) is 0.235. The Labute approximate surface area is 107 Å². The number of rotatable bonds is 3. The number of ketones is 1. The summed E-state index contributed by atoms with van der Waals surface area (Å²) in [7, 11) is 0. The van der Waals surface area contributed by atoms with Gasteiger partial charge in [0.1, 0.15) is 0 Å². The zero-order valence-corrected chi connectivity index (χ0v) is 10.5. The normalized spacial score (nSPS) is 21.6. The zero-order valence-electron chi connectivity index (χ0n) is 10.5. The number of carbonyl (C=O) groups is 1. The van der Waals surface area contributed by atoms with Crippen molar-refractivity contribution in [1.82, 2.24) is 0 Å². The van der Waals surface area contributed by atoms with Crippen molar-refractivity contribution in [1.29, 1.82) is 0 Å². The molecular formula is C17H16O. The Morgan fingerprint density at radius 1 is 0.944 bits per heavy atom. The third-order valence-electron chi connectivity index (χ3n) is 3.74. The van der Waals surface area contributed by atoms with Gasteiger partial charge in [-0.1, -0.05) is 48.5 Å². The topological polar surface area (TPSA) is 17.1 Å². The van der Waals surface area contributed by atoms with Crippen molar-refractivity contribution < 1.29 is 4.79 Å². The first-order valence-electron chi connectivity index (χ1n) is 6.41. The molecule has 1 aliphatic rings. The monoisotopic (exact) mass is 236 g/mol. The maximum absolute atomic E-state index is 11.4. The molecule has 1 heteroatoms. The van der Waals surface area contributed by atoms with Gasteiger partial charge in [0.15, 0.2) is 5.78 Å². The van der Waals surface area contributed by atoms with E-state index in [0.717, 1.165) is 5.56 Å². The van der Waals surface area contributed by atoms with Crippen molar-refractivity contribution in [3.63, 3.8) is 0 Å². The van der Waals surface area contributed by atoms with Crippen LogP contribution in [0.2, 0.25) is 0 Å². The lowest BCUT2D eigenvalue weighted by molar-refractivity contribution is 0.101. The molecule has 0 amide bonds. The summed E-state index contributed by atoms with van der Waals surface area (Å²) < 4.78 is 0. The average Bonchev–Trinajstić information content (AvgIpc) is 3.20. The van der Waals surface area contributed by atoms with Crippen LogP contribution in [0.5, 0.6) is 0 Å². The molecule has 2 aromatic rings. The molecule has 1 aliphatic carbocycles. The largest absolute Gasteiger partial charge is 0.295 e. The van der Waals surface area contributed by atoms with E-state index in [1.807, 2.05) is 12.1 Å². The van der Waals surface area contributed by atoms with Gasteiger partial charge in [-0.05, 0) is 42.4 Å². The lowest BCUT2D eigenvalue weighted by Gasteiger charge is -2.03. The summed E-state index contributed by atoms with van der Waals surface area (Å²) in [6.45, 7) is 1.63. The number of hydrogen-bond acceptors (Lipinski definition) is 1. The van der Waals surface area contributed by atoms with Crippen LogP contribution >= 0.6 is 0 Å². The van der Waals surface area contributed by atoms with Crippen LogP contribution in [0.3, 0.4) is 0 Å². The molecule has 2 atom stereocenters. The Hall–Kier alpha value is -1.89. The zero-order chi connectivity index (χ0) is 12.5. The van der Waals surface area contributed by atoms with Gasteiger partial charge in [0, 0.05) is 5.56 Å². The Balaban J connectivity index is 1.82. The second kappa shape index (κ2) is 4.41. The van der Waals surface area contributed by atoms with E-state index in [1.54, 1.807) is 6.92 Å². The predicted octanol–water partition coefficient (Wildman–Crippen LogP) is 4.16. The van der Waals surface area contributed by atoms with E-state index in [9.17, 15) is 4.79 Å². The van der Waals surface area contributed by atoms with Crippen molar-refractivity contribution in [3.8, 4) is 0 Å². The molecule has 0 aliphatic heterocycles. The van der Waals surface area contributed by atoms with E-state index in [2.05, 4.69) is 42.5 Å². The number of Topliss-reactive ketones (excluding diaryl/α,β-unsaturated/α-hetero) is 1. The van der Waals surface area contributed by atoms with Gasteiger partial charge in [-0.3, -0.25) is 4.79 Å². The molecule has 2 aromatic carbocycles. The Morgan fingerprint density at radius 2 is 1.61 bits per heavy atom. The van der Waals surface area contributed by atoms with E-state index in [0.29, 0.717) is 11.8 Å². The van der Waals surface area contributed by atoms with Gasteiger partial charge in [-0.25, -0.2) is 0 Å². The average molecular weight is 236 g/mol. The van der Waals surface area contributed by atoms with Crippen LogP contribution in [-0.4, -0.2) is 5.78 Å². The lowest BCUT2D eigenvalue weighted by Crippen LogP contribution is -1.93. The third-order valence-corrected chi connectivity index (χ3v) is 3.74. The van der Waals surface area contributed by atoms with E-state index in [4.69, 9.17) is 0 Å². The van der Waals surface area contributed by atoms with Gasteiger partial charge >= 0.3 is 0 Å². The minimum absolute atomic E-state index is 0.147. The summed E-state index contributed by atoms with van der Waals surface area (Å²) in [5.74, 6) is 1.37. The maximum atomic E-state index is 11.4. The molecule has 0 bridgehead atoms. The highest BCUT2D eigenvalue weighted by molar-refractivity contribution is 5.94. The summed E-state index contributed by atoms with van der Waals surface area (Å²) in [6, 6.07) is 18.7. The molecule has 1 fully saturated rings. The van der Waals surface area contributed by atoms with E-state index < -0.39 is 0 Å². The van der Waals surface area contributed by atoms with Crippen LogP contribution in [0.15, 0.2) is 54.6 Å². The molecule has 0 N–H and O–H groups in total.